The van der Waals surface area contributed by atoms with Gasteiger partial charge in [-0.2, -0.15) is 0 Å². The SMILES string of the molecule is C[N+]1(CCCCCCCCCC(=O)O)CCCC1. The van der Waals surface area contributed by atoms with Crippen molar-refractivity contribution in [2.24, 2.45) is 0 Å². The highest BCUT2D eigenvalue weighted by atomic mass is 16.4. The van der Waals surface area contributed by atoms with Crippen LogP contribution in [0.3, 0.4) is 0 Å². The van der Waals surface area contributed by atoms with Gasteiger partial charge in [0.2, 0.25) is 0 Å². The molecule has 0 saturated carbocycles. The van der Waals surface area contributed by atoms with E-state index in [1.807, 2.05) is 0 Å². The van der Waals surface area contributed by atoms with E-state index in [0.717, 1.165) is 12.8 Å². The van der Waals surface area contributed by atoms with Crippen LogP contribution in [0.15, 0.2) is 0 Å². The Balaban J connectivity index is 1.82. The maximum Gasteiger partial charge on any atom is 0.303 e. The second kappa shape index (κ2) is 8.52. The quantitative estimate of drug-likeness (QED) is 0.480. The van der Waals surface area contributed by atoms with E-state index in [-0.39, 0.29) is 0 Å². The van der Waals surface area contributed by atoms with Gasteiger partial charge in [-0.3, -0.25) is 4.79 Å². The molecular weight excluding hydrogens is 226 g/mol. The van der Waals surface area contributed by atoms with Gasteiger partial charge in [0.05, 0.1) is 26.7 Å². The van der Waals surface area contributed by atoms with Crippen molar-refractivity contribution in [2.45, 2.75) is 64.2 Å². The lowest BCUT2D eigenvalue weighted by Gasteiger charge is -2.29. The fraction of sp³-hybridized carbons (Fsp3) is 0.933. The Hall–Kier alpha value is -0.570. The summed E-state index contributed by atoms with van der Waals surface area (Å²) in [4.78, 5) is 10.3. The number of aliphatic carboxylic acids is 1. The summed E-state index contributed by atoms with van der Waals surface area (Å²) in [6.07, 6.45) is 11.6. The molecule has 106 valence electrons. The summed E-state index contributed by atoms with van der Waals surface area (Å²) in [5.41, 5.74) is 0. The zero-order valence-electron chi connectivity index (χ0n) is 12.0. The molecule has 1 saturated heterocycles. The molecule has 0 radical (unpaired) electrons. The van der Waals surface area contributed by atoms with Crippen LogP contribution in [-0.4, -0.2) is 42.2 Å². The third-order valence-corrected chi connectivity index (χ3v) is 4.23. The molecule has 0 spiro atoms. The molecule has 0 unspecified atom stereocenters. The van der Waals surface area contributed by atoms with Crippen LogP contribution in [0.1, 0.15) is 64.2 Å². The van der Waals surface area contributed by atoms with Gasteiger partial charge in [0.15, 0.2) is 0 Å². The van der Waals surface area contributed by atoms with Gasteiger partial charge in [0, 0.05) is 19.3 Å². The molecule has 0 bridgehead atoms. The van der Waals surface area contributed by atoms with E-state index in [9.17, 15) is 4.79 Å². The lowest BCUT2D eigenvalue weighted by atomic mass is 10.1. The van der Waals surface area contributed by atoms with Crippen LogP contribution in [-0.2, 0) is 4.79 Å². The van der Waals surface area contributed by atoms with Crippen molar-refractivity contribution in [1.29, 1.82) is 0 Å². The van der Waals surface area contributed by atoms with Crippen molar-refractivity contribution in [3.63, 3.8) is 0 Å². The molecule has 1 heterocycles. The number of likely N-dealkylation sites (tertiary alicyclic amines) is 1. The van der Waals surface area contributed by atoms with Crippen molar-refractivity contribution in [3.8, 4) is 0 Å². The standard InChI is InChI=1S/C15H29NO2/c1-16(13-9-10-14-16)12-8-6-4-2-3-5-7-11-15(17)18/h2-14H2,1H3/p+1. The third kappa shape index (κ3) is 7.00. The summed E-state index contributed by atoms with van der Waals surface area (Å²) in [5.74, 6) is -0.655. The molecular formula is C15H30NO2+. The molecule has 0 aliphatic carbocycles. The Labute approximate surface area is 112 Å². The predicted octanol–water partition coefficient (Wildman–Crippen LogP) is 3.43. The highest BCUT2D eigenvalue weighted by molar-refractivity contribution is 5.66. The summed E-state index contributed by atoms with van der Waals surface area (Å²) < 4.78 is 1.30. The monoisotopic (exact) mass is 256 g/mol. The first kappa shape index (κ1) is 15.5. The molecule has 1 rings (SSSR count). The van der Waals surface area contributed by atoms with Crippen molar-refractivity contribution in [1.82, 2.24) is 0 Å². The summed E-state index contributed by atoms with van der Waals surface area (Å²) >= 11 is 0. The number of carboxylic acid groups (broad SMARTS) is 1. The molecule has 1 fully saturated rings. The topological polar surface area (TPSA) is 37.3 Å². The Bertz CT molecular complexity index is 235. The van der Waals surface area contributed by atoms with Crippen LogP contribution < -0.4 is 0 Å². The number of carboxylic acids is 1. The number of nitrogens with zero attached hydrogens (tertiary/aromatic N) is 1. The van der Waals surface area contributed by atoms with Crippen molar-refractivity contribution in [2.75, 3.05) is 26.7 Å². The molecule has 0 aromatic rings. The molecule has 1 aliphatic heterocycles. The normalized spacial score (nSPS) is 18.1. The van der Waals surface area contributed by atoms with Crippen LogP contribution in [0.5, 0.6) is 0 Å². The molecule has 0 atom stereocenters. The van der Waals surface area contributed by atoms with E-state index < -0.39 is 5.97 Å². The molecule has 1 N–H and O–H groups in total. The minimum absolute atomic E-state index is 0.343. The summed E-state index contributed by atoms with van der Waals surface area (Å²) in [6, 6.07) is 0. The second-order valence-electron chi connectivity index (χ2n) is 6.12. The van der Waals surface area contributed by atoms with Crippen LogP contribution in [0.2, 0.25) is 0 Å². The van der Waals surface area contributed by atoms with Crippen molar-refractivity contribution >= 4 is 5.97 Å². The van der Waals surface area contributed by atoms with Crippen LogP contribution >= 0.6 is 0 Å². The van der Waals surface area contributed by atoms with Gasteiger partial charge in [-0.05, 0) is 19.3 Å². The third-order valence-electron chi connectivity index (χ3n) is 4.23. The number of unbranched alkanes of at least 4 members (excludes halogenated alkanes) is 6. The number of quaternary nitrogens is 1. The first-order chi connectivity index (χ1) is 8.62. The summed E-state index contributed by atoms with van der Waals surface area (Å²) in [6.45, 7) is 4.13. The lowest BCUT2D eigenvalue weighted by Crippen LogP contribution is -2.41. The van der Waals surface area contributed by atoms with E-state index in [4.69, 9.17) is 5.11 Å². The van der Waals surface area contributed by atoms with Gasteiger partial charge >= 0.3 is 5.97 Å². The van der Waals surface area contributed by atoms with E-state index in [1.165, 1.54) is 69.1 Å². The molecule has 0 amide bonds. The highest BCUT2D eigenvalue weighted by Gasteiger charge is 2.25. The number of hydrogen-bond acceptors (Lipinski definition) is 1. The Kier molecular flexibility index (Phi) is 7.33. The van der Waals surface area contributed by atoms with Gasteiger partial charge in [0.1, 0.15) is 0 Å². The average molecular weight is 256 g/mol. The van der Waals surface area contributed by atoms with Crippen molar-refractivity contribution < 1.29 is 14.4 Å². The zero-order valence-corrected chi connectivity index (χ0v) is 12.0. The van der Waals surface area contributed by atoms with Crippen molar-refractivity contribution in [3.05, 3.63) is 0 Å². The molecule has 18 heavy (non-hydrogen) atoms. The Morgan fingerprint density at radius 1 is 0.944 bits per heavy atom. The Morgan fingerprint density at radius 3 is 2.00 bits per heavy atom. The molecule has 0 aromatic heterocycles. The van der Waals surface area contributed by atoms with Gasteiger partial charge < -0.3 is 9.59 Å². The Morgan fingerprint density at radius 2 is 1.44 bits per heavy atom. The van der Waals surface area contributed by atoms with Crippen LogP contribution in [0.4, 0.5) is 0 Å². The van der Waals surface area contributed by atoms with Gasteiger partial charge in [-0.15, -0.1) is 0 Å². The second-order valence-corrected chi connectivity index (χ2v) is 6.12. The van der Waals surface area contributed by atoms with Gasteiger partial charge in [-0.1, -0.05) is 25.7 Å². The first-order valence-electron chi connectivity index (χ1n) is 7.68. The predicted molar refractivity (Wildman–Crippen MR) is 74.6 cm³/mol. The summed E-state index contributed by atoms with van der Waals surface area (Å²) in [5, 5.41) is 8.51. The highest BCUT2D eigenvalue weighted by Crippen LogP contribution is 2.18. The van der Waals surface area contributed by atoms with E-state index in [2.05, 4.69) is 7.05 Å². The average Bonchev–Trinajstić information content (AvgIpc) is 2.74. The number of rotatable bonds is 10. The maximum atomic E-state index is 10.3. The summed E-state index contributed by atoms with van der Waals surface area (Å²) in [7, 11) is 2.40. The minimum Gasteiger partial charge on any atom is -0.481 e. The number of hydrogen-bond donors (Lipinski definition) is 1. The fourth-order valence-electron chi connectivity index (χ4n) is 2.98. The molecule has 3 nitrogen and oxygen atoms in total. The van der Waals surface area contributed by atoms with Gasteiger partial charge in [-0.25, -0.2) is 0 Å². The van der Waals surface area contributed by atoms with E-state index >= 15 is 0 Å². The van der Waals surface area contributed by atoms with Crippen LogP contribution in [0, 0.1) is 0 Å². The molecule has 1 aliphatic rings. The first-order valence-corrected chi connectivity index (χ1v) is 7.68. The van der Waals surface area contributed by atoms with E-state index in [1.54, 1.807) is 0 Å². The minimum atomic E-state index is -0.655. The lowest BCUT2D eigenvalue weighted by molar-refractivity contribution is -0.897. The van der Waals surface area contributed by atoms with Crippen LogP contribution in [0.25, 0.3) is 0 Å². The zero-order chi connectivity index (χ0) is 13.3. The fourth-order valence-corrected chi connectivity index (χ4v) is 2.98. The maximum absolute atomic E-state index is 10.3. The van der Waals surface area contributed by atoms with Gasteiger partial charge in [0.25, 0.3) is 0 Å². The molecule has 3 heteroatoms. The molecule has 0 aromatic carbocycles. The smallest absolute Gasteiger partial charge is 0.303 e. The van der Waals surface area contributed by atoms with E-state index in [0.29, 0.717) is 6.42 Å². The number of carbonyl (C=O) groups is 1. The largest absolute Gasteiger partial charge is 0.481 e.